The van der Waals surface area contributed by atoms with E-state index in [1.165, 1.54) is 32.1 Å². The number of unbranched alkanes of at least 4 members (excludes halogenated alkanes) is 5. The van der Waals surface area contributed by atoms with Crippen LogP contribution in [0.15, 0.2) is 4.99 Å². The second-order valence-electron chi connectivity index (χ2n) is 5.06. The van der Waals surface area contributed by atoms with E-state index in [9.17, 15) is 4.79 Å². The van der Waals surface area contributed by atoms with Crippen molar-refractivity contribution in [3.05, 3.63) is 0 Å². The quantitative estimate of drug-likeness (QED) is 0.292. The van der Waals surface area contributed by atoms with E-state index in [0.717, 1.165) is 25.9 Å². The Balaban J connectivity index is 3.44. The highest BCUT2D eigenvalue weighted by atomic mass is 16.1. The van der Waals surface area contributed by atoms with Gasteiger partial charge in [-0.15, -0.1) is 0 Å². The average Bonchev–Trinajstić information content (AvgIpc) is 2.44. The zero-order valence-electron chi connectivity index (χ0n) is 13.2. The SMILES string of the molecule is CCCCCCCCN=C(N)NCCC(=O)NCCC. The monoisotopic (exact) mass is 284 g/mol. The van der Waals surface area contributed by atoms with E-state index in [2.05, 4.69) is 22.5 Å². The molecular formula is C15H32N4O. The van der Waals surface area contributed by atoms with E-state index >= 15 is 0 Å². The van der Waals surface area contributed by atoms with Crippen LogP contribution in [-0.2, 0) is 4.79 Å². The lowest BCUT2D eigenvalue weighted by molar-refractivity contribution is -0.120. The number of nitrogens with one attached hydrogen (secondary N) is 2. The summed E-state index contributed by atoms with van der Waals surface area (Å²) in [6.45, 7) is 6.30. The molecule has 0 bridgehead atoms. The third-order valence-electron chi connectivity index (χ3n) is 3.02. The molecule has 20 heavy (non-hydrogen) atoms. The van der Waals surface area contributed by atoms with Crippen LogP contribution >= 0.6 is 0 Å². The van der Waals surface area contributed by atoms with Gasteiger partial charge in [-0.05, 0) is 12.8 Å². The minimum absolute atomic E-state index is 0.0584. The predicted molar refractivity (Wildman–Crippen MR) is 85.8 cm³/mol. The van der Waals surface area contributed by atoms with Gasteiger partial charge in [0.15, 0.2) is 5.96 Å². The first-order chi connectivity index (χ1) is 9.70. The van der Waals surface area contributed by atoms with E-state index < -0.39 is 0 Å². The maximum Gasteiger partial charge on any atom is 0.221 e. The molecule has 4 N–H and O–H groups in total. The summed E-state index contributed by atoms with van der Waals surface area (Å²) < 4.78 is 0. The van der Waals surface area contributed by atoms with Gasteiger partial charge >= 0.3 is 0 Å². The molecule has 0 aromatic rings. The number of nitrogens with two attached hydrogens (primary N) is 1. The molecule has 0 spiro atoms. The zero-order valence-corrected chi connectivity index (χ0v) is 13.2. The van der Waals surface area contributed by atoms with Gasteiger partial charge in [-0.25, -0.2) is 0 Å². The lowest BCUT2D eigenvalue weighted by Gasteiger charge is -2.06. The van der Waals surface area contributed by atoms with Crippen LogP contribution in [-0.4, -0.2) is 31.5 Å². The molecule has 5 heteroatoms. The lowest BCUT2D eigenvalue weighted by atomic mass is 10.1. The van der Waals surface area contributed by atoms with Crippen molar-refractivity contribution in [2.24, 2.45) is 10.7 Å². The maximum absolute atomic E-state index is 11.3. The van der Waals surface area contributed by atoms with Crippen LogP contribution in [0.3, 0.4) is 0 Å². The van der Waals surface area contributed by atoms with Gasteiger partial charge in [0.1, 0.15) is 0 Å². The van der Waals surface area contributed by atoms with Crippen molar-refractivity contribution in [2.75, 3.05) is 19.6 Å². The Kier molecular flexibility index (Phi) is 13.3. The summed E-state index contributed by atoms with van der Waals surface area (Å²) in [5, 5.41) is 5.79. The van der Waals surface area contributed by atoms with Crippen LogP contribution in [0.2, 0.25) is 0 Å². The zero-order chi connectivity index (χ0) is 15.1. The van der Waals surface area contributed by atoms with E-state index in [0.29, 0.717) is 18.9 Å². The van der Waals surface area contributed by atoms with Crippen molar-refractivity contribution in [2.45, 2.75) is 65.2 Å². The number of nitrogens with zero attached hydrogens (tertiary/aromatic N) is 1. The van der Waals surface area contributed by atoms with Crippen LogP contribution in [0.4, 0.5) is 0 Å². The highest BCUT2D eigenvalue weighted by Crippen LogP contribution is 2.04. The Morgan fingerprint density at radius 1 is 0.950 bits per heavy atom. The number of carbonyl (C=O) groups excluding carboxylic acids is 1. The fourth-order valence-corrected chi connectivity index (χ4v) is 1.80. The minimum atomic E-state index is 0.0584. The van der Waals surface area contributed by atoms with Crippen molar-refractivity contribution in [3.8, 4) is 0 Å². The summed E-state index contributed by atoms with van der Waals surface area (Å²) in [5.41, 5.74) is 5.73. The molecule has 0 saturated heterocycles. The molecule has 0 aromatic heterocycles. The van der Waals surface area contributed by atoms with Crippen molar-refractivity contribution in [3.63, 3.8) is 0 Å². The molecule has 0 aromatic carbocycles. The van der Waals surface area contributed by atoms with E-state index in [4.69, 9.17) is 5.73 Å². The van der Waals surface area contributed by atoms with Gasteiger partial charge in [0.05, 0.1) is 0 Å². The summed E-state index contributed by atoms with van der Waals surface area (Å²) in [6.07, 6.45) is 8.91. The molecule has 0 saturated carbocycles. The number of aliphatic imine (C=N–C) groups is 1. The number of hydrogen-bond donors (Lipinski definition) is 3. The summed E-state index contributed by atoms with van der Waals surface area (Å²) >= 11 is 0. The molecule has 0 unspecified atom stereocenters. The standard InChI is InChI=1S/C15H32N4O/c1-3-5-6-7-8-9-12-18-15(16)19-13-10-14(20)17-11-4-2/h3-13H2,1-2H3,(H,17,20)(H3,16,18,19). The molecule has 118 valence electrons. The second-order valence-corrected chi connectivity index (χ2v) is 5.06. The fourth-order valence-electron chi connectivity index (χ4n) is 1.80. The third kappa shape index (κ3) is 13.2. The Bertz CT molecular complexity index is 267. The van der Waals surface area contributed by atoms with E-state index in [-0.39, 0.29) is 5.91 Å². The number of amides is 1. The van der Waals surface area contributed by atoms with Gasteiger partial charge in [0.25, 0.3) is 0 Å². The molecular weight excluding hydrogens is 252 g/mol. The van der Waals surface area contributed by atoms with Crippen LogP contribution in [0, 0.1) is 0 Å². The maximum atomic E-state index is 11.3. The molecule has 0 heterocycles. The molecule has 0 aliphatic carbocycles. The van der Waals surface area contributed by atoms with Crippen LogP contribution < -0.4 is 16.4 Å². The van der Waals surface area contributed by atoms with Crippen molar-refractivity contribution < 1.29 is 4.79 Å². The summed E-state index contributed by atoms with van der Waals surface area (Å²) in [4.78, 5) is 15.6. The topological polar surface area (TPSA) is 79.5 Å². The second kappa shape index (κ2) is 14.2. The van der Waals surface area contributed by atoms with Gasteiger partial charge in [-0.3, -0.25) is 9.79 Å². The Morgan fingerprint density at radius 2 is 1.65 bits per heavy atom. The molecule has 5 nitrogen and oxygen atoms in total. The molecule has 0 fully saturated rings. The van der Waals surface area contributed by atoms with Crippen molar-refractivity contribution in [1.82, 2.24) is 10.6 Å². The lowest BCUT2D eigenvalue weighted by Crippen LogP contribution is -2.35. The molecule has 0 rings (SSSR count). The largest absolute Gasteiger partial charge is 0.370 e. The smallest absolute Gasteiger partial charge is 0.221 e. The van der Waals surface area contributed by atoms with Crippen molar-refractivity contribution >= 4 is 11.9 Å². The first kappa shape index (κ1) is 18.7. The number of guanidine groups is 1. The van der Waals surface area contributed by atoms with Crippen LogP contribution in [0.5, 0.6) is 0 Å². The predicted octanol–water partition coefficient (Wildman–Crippen LogP) is 2.17. The molecule has 0 atom stereocenters. The van der Waals surface area contributed by atoms with E-state index in [1.807, 2.05) is 6.92 Å². The molecule has 1 amide bonds. The van der Waals surface area contributed by atoms with Gasteiger partial charge in [-0.1, -0.05) is 46.0 Å². The van der Waals surface area contributed by atoms with E-state index in [1.54, 1.807) is 0 Å². The first-order valence-corrected chi connectivity index (χ1v) is 8.01. The summed E-state index contributed by atoms with van der Waals surface area (Å²) in [5.74, 6) is 0.505. The Labute approximate surface area is 123 Å². The minimum Gasteiger partial charge on any atom is -0.370 e. The van der Waals surface area contributed by atoms with Crippen LogP contribution in [0.1, 0.15) is 65.2 Å². The average molecular weight is 284 g/mol. The normalized spacial score (nSPS) is 11.4. The molecule has 0 radical (unpaired) electrons. The number of carbonyl (C=O) groups is 1. The highest BCUT2D eigenvalue weighted by molar-refractivity contribution is 5.79. The van der Waals surface area contributed by atoms with Gasteiger partial charge in [0, 0.05) is 26.1 Å². The first-order valence-electron chi connectivity index (χ1n) is 8.01. The summed E-state index contributed by atoms with van der Waals surface area (Å²) in [6, 6.07) is 0. The van der Waals surface area contributed by atoms with Gasteiger partial charge < -0.3 is 16.4 Å². The Hall–Kier alpha value is -1.26. The fraction of sp³-hybridized carbons (Fsp3) is 0.867. The van der Waals surface area contributed by atoms with Crippen LogP contribution in [0.25, 0.3) is 0 Å². The summed E-state index contributed by atoms with van der Waals surface area (Å²) in [7, 11) is 0. The molecule has 0 aliphatic heterocycles. The number of hydrogen-bond acceptors (Lipinski definition) is 2. The Morgan fingerprint density at radius 3 is 2.35 bits per heavy atom. The third-order valence-corrected chi connectivity index (χ3v) is 3.02. The number of rotatable bonds is 12. The highest BCUT2D eigenvalue weighted by Gasteiger charge is 1.99. The van der Waals surface area contributed by atoms with Gasteiger partial charge in [0.2, 0.25) is 5.91 Å². The molecule has 0 aliphatic rings. The van der Waals surface area contributed by atoms with Gasteiger partial charge in [-0.2, -0.15) is 0 Å². The van der Waals surface area contributed by atoms with Crippen molar-refractivity contribution in [1.29, 1.82) is 0 Å².